The van der Waals surface area contributed by atoms with Gasteiger partial charge in [-0.3, -0.25) is 0 Å². The van der Waals surface area contributed by atoms with Gasteiger partial charge in [0.15, 0.2) is 11.5 Å². The van der Waals surface area contributed by atoms with Crippen LogP contribution in [0.1, 0.15) is 5.56 Å². The number of methoxy groups -OCH3 is 2. The van der Waals surface area contributed by atoms with Crippen LogP contribution in [0.4, 0.5) is 5.88 Å². The summed E-state index contributed by atoms with van der Waals surface area (Å²) in [5.74, 6) is 1.59. The fourth-order valence-electron chi connectivity index (χ4n) is 3.38. The topological polar surface area (TPSA) is 90.7 Å². The molecule has 0 unspecified atom stereocenters. The molecule has 0 bridgehead atoms. The first-order chi connectivity index (χ1) is 16.4. The van der Waals surface area contributed by atoms with E-state index in [1.165, 1.54) is 12.1 Å². The zero-order chi connectivity index (χ0) is 24.1. The van der Waals surface area contributed by atoms with Crippen LogP contribution in [0, 0.1) is 0 Å². The smallest absolute Gasteiger partial charge is 0.233 e. The Kier molecular flexibility index (Phi) is 7.23. The van der Waals surface area contributed by atoms with Crippen LogP contribution in [-0.4, -0.2) is 34.2 Å². The van der Waals surface area contributed by atoms with Crippen LogP contribution in [0.25, 0.3) is 11.5 Å². The van der Waals surface area contributed by atoms with Crippen LogP contribution in [0.3, 0.4) is 0 Å². The lowest BCUT2D eigenvalue weighted by molar-refractivity contribution is 0.354. The van der Waals surface area contributed by atoms with E-state index in [-0.39, 0.29) is 21.7 Å². The number of aromatic nitrogens is 1. The Hall–Kier alpha value is -3.30. The molecular weight excluding hydrogens is 520 g/mol. The molecular formula is C25H23BrN2O5S. The van der Waals surface area contributed by atoms with Gasteiger partial charge in [0.2, 0.25) is 26.6 Å². The molecule has 34 heavy (non-hydrogen) atoms. The number of nitrogens with zero attached hydrogens (tertiary/aromatic N) is 1. The number of hydrogen-bond donors (Lipinski definition) is 1. The van der Waals surface area contributed by atoms with Crippen molar-refractivity contribution in [3.05, 3.63) is 82.8 Å². The van der Waals surface area contributed by atoms with Gasteiger partial charge in [-0.25, -0.2) is 8.42 Å². The highest BCUT2D eigenvalue weighted by Gasteiger charge is 2.28. The number of halogens is 1. The van der Waals surface area contributed by atoms with E-state index in [1.54, 1.807) is 32.4 Å². The lowest BCUT2D eigenvalue weighted by Crippen LogP contribution is -2.10. The first-order valence-electron chi connectivity index (χ1n) is 10.4. The minimum atomic E-state index is -3.89. The van der Waals surface area contributed by atoms with E-state index < -0.39 is 9.84 Å². The molecule has 0 saturated carbocycles. The fourth-order valence-corrected chi connectivity index (χ4v) is 4.95. The van der Waals surface area contributed by atoms with E-state index in [4.69, 9.17) is 13.9 Å². The molecule has 4 aromatic rings. The van der Waals surface area contributed by atoms with Gasteiger partial charge in [-0.05, 0) is 60.5 Å². The molecule has 0 aliphatic rings. The Labute approximate surface area is 206 Å². The summed E-state index contributed by atoms with van der Waals surface area (Å²) in [5.41, 5.74) is 1.66. The maximum absolute atomic E-state index is 13.3. The second kappa shape index (κ2) is 10.3. The standard InChI is InChI=1S/C25H23BrN2O5S/c1-31-21-13-8-17(16-22(21)32-2)14-15-27-24-25(34(29,30)20-6-4-3-5-7-20)28-23(33-24)18-9-11-19(26)12-10-18/h3-13,16,27H,14-15H2,1-2H3. The number of oxazole rings is 1. The highest BCUT2D eigenvalue weighted by Crippen LogP contribution is 2.33. The monoisotopic (exact) mass is 542 g/mol. The molecule has 0 amide bonds. The van der Waals surface area contributed by atoms with Crippen molar-refractivity contribution in [2.75, 3.05) is 26.1 Å². The van der Waals surface area contributed by atoms with Gasteiger partial charge >= 0.3 is 0 Å². The number of anilines is 1. The predicted molar refractivity (Wildman–Crippen MR) is 133 cm³/mol. The number of sulfone groups is 1. The van der Waals surface area contributed by atoms with Crippen molar-refractivity contribution in [2.45, 2.75) is 16.3 Å². The van der Waals surface area contributed by atoms with Gasteiger partial charge in [-0.15, -0.1) is 0 Å². The lowest BCUT2D eigenvalue weighted by atomic mass is 10.1. The molecule has 4 rings (SSSR count). The summed E-state index contributed by atoms with van der Waals surface area (Å²) in [5, 5.41) is 2.97. The summed E-state index contributed by atoms with van der Waals surface area (Å²) in [7, 11) is -0.727. The van der Waals surface area contributed by atoms with Crippen molar-refractivity contribution in [1.29, 1.82) is 0 Å². The summed E-state index contributed by atoms with van der Waals surface area (Å²) in [4.78, 5) is 4.51. The second-order valence-electron chi connectivity index (χ2n) is 7.34. The third-order valence-electron chi connectivity index (χ3n) is 5.14. The molecule has 0 spiro atoms. The molecule has 0 aliphatic heterocycles. The van der Waals surface area contributed by atoms with Crippen LogP contribution in [-0.2, 0) is 16.3 Å². The first kappa shape index (κ1) is 23.8. The Bertz CT molecular complexity index is 1370. The predicted octanol–water partition coefficient (Wildman–Crippen LogP) is 5.61. The molecule has 0 atom stereocenters. The number of rotatable bonds is 9. The maximum Gasteiger partial charge on any atom is 0.233 e. The average molecular weight is 543 g/mol. The van der Waals surface area contributed by atoms with Gasteiger partial charge in [0.05, 0.1) is 19.1 Å². The van der Waals surface area contributed by atoms with Gasteiger partial charge in [0.1, 0.15) is 0 Å². The van der Waals surface area contributed by atoms with Crippen molar-refractivity contribution >= 4 is 31.7 Å². The van der Waals surface area contributed by atoms with Crippen molar-refractivity contribution in [3.63, 3.8) is 0 Å². The molecule has 176 valence electrons. The molecule has 0 saturated heterocycles. The second-order valence-corrected chi connectivity index (χ2v) is 10.1. The molecule has 0 fully saturated rings. The van der Waals surface area contributed by atoms with Crippen molar-refractivity contribution in [2.24, 2.45) is 0 Å². The van der Waals surface area contributed by atoms with Crippen LogP contribution in [0.2, 0.25) is 0 Å². The average Bonchev–Trinajstić information content (AvgIpc) is 3.30. The van der Waals surface area contributed by atoms with Crippen molar-refractivity contribution in [1.82, 2.24) is 4.98 Å². The molecule has 9 heteroatoms. The van der Waals surface area contributed by atoms with E-state index in [0.717, 1.165) is 10.0 Å². The molecule has 3 aromatic carbocycles. The molecule has 0 aliphatic carbocycles. The minimum Gasteiger partial charge on any atom is -0.493 e. The maximum atomic E-state index is 13.3. The quantitative estimate of drug-likeness (QED) is 0.294. The highest BCUT2D eigenvalue weighted by atomic mass is 79.9. The Morgan fingerprint density at radius 3 is 2.32 bits per heavy atom. The fraction of sp³-hybridized carbons (Fsp3) is 0.160. The van der Waals surface area contributed by atoms with Crippen LogP contribution >= 0.6 is 15.9 Å². The summed E-state index contributed by atoms with van der Waals surface area (Å²) in [6, 6.07) is 21.1. The molecule has 1 aromatic heterocycles. The van der Waals surface area contributed by atoms with E-state index >= 15 is 0 Å². The first-order valence-corrected chi connectivity index (χ1v) is 12.7. The third-order valence-corrected chi connectivity index (χ3v) is 7.35. The Balaban J connectivity index is 1.63. The summed E-state index contributed by atoms with van der Waals surface area (Å²) < 4.78 is 44.1. The van der Waals surface area contributed by atoms with Gasteiger partial charge in [-0.1, -0.05) is 40.2 Å². The van der Waals surface area contributed by atoms with E-state index in [0.29, 0.717) is 30.0 Å². The number of nitrogens with one attached hydrogen (secondary N) is 1. The lowest BCUT2D eigenvalue weighted by Gasteiger charge is -2.10. The van der Waals surface area contributed by atoms with Gasteiger partial charge in [-0.2, -0.15) is 4.98 Å². The van der Waals surface area contributed by atoms with Gasteiger partial charge in [0.25, 0.3) is 0 Å². The zero-order valence-corrected chi connectivity index (χ0v) is 21.0. The number of ether oxygens (including phenoxy) is 2. The third kappa shape index (κ3) is 5.10. The highest BCUT2D eigenvalue weighted by molar-refractivity contribution is 9.10. The summed E-state index contributed by atoms with van der Waals surface area (Å²) in [6.45, 7) is 0.418. The molecule has 1 heterocycles. The normalized spacial score (nSPS) is 11.3. The summed E-state index contributed by atoms with van der Waals surface area (Å²) >= 11 is 3.40. The SMILES string of the molecule is COc1ccc(CCNc2oc(-c3ccc(Br)cc3)nc2S(=O)(=O)c2ccccc2)cc1OC. The van der Waals surface area contributed by atoms with E-state index in [2.05, 4.69) is 26.2 Å². The van der Waals surface area contributed by atoms with Crippen LogP contribution in [0.15, 0.2) is 91.6 Å². The number of hydrogen-bond acceptors (Lipinski definition) is 7. The molecule has 0 radical (unpaired) electrons. The van der Waals surface area contributed by atoms with Gasteiger partial charge in [0, 0.05) is 16.6 Å². The minimum absolute atomic E-state index is 0.0993. The summed E-state index contributed by atoms with van der Waals surface area (Å²) in [6.07, 6.45) is 0.597. The number of benzene rings is 3. The largest absolute Gasteiger partial charge is 0.493 e. The molecule has 1 N–H and O–H groups in total. The van der Waals surface area contributed by atoms with Gasteiger partial charge < -0.3 is 19.2 Å². The Morgan fingerprint density at radius 1 is 0.941 bits per heavy atom. The van der Waals surface area contributed by atoms with E-state index in [9.17, 15) is 8.42 Å². The van der Waals surface area contributed by atoms with E-state index in [1.807, 2.05) is 42.5 Å². The molecule has 7 nitrogen and oxygen atoms in total. The van der Waals surface area contributed by atoms with Crippen molar-refractivity contribution in [3.8, 4) is 23.0 Å². The van der Waals surface area contributed by atoms with Crippen LogP contribution < -0.4 is 14.8 Å². The van der Waals surface area contributed by atoms with Crippen LogP contribution in [0.5, 0.6) is 11.5 Å². The van der Waals surface area contributed by atoms with Crippen molar-refractivity contribution < 1.29 is 22.3 Å². The zero-order valence-electron chi connectivity index (χ0n) is 18.6. The Morgan fingerprint density at radius 2 is 1.65 bits per heavy atom.